The van der Waals surface area contributed by atoms with Crippen LogP contribution in [0.4, 0.5) is 0 Å². The molecule has 7 nitrogen and oxygen atoms in total. The van der Waals surface area contributed by atoms with Crippen molar-refractivity contribution < 1.29 is 17.9 Å². The molecule has 1 heterocycles. The van der Waals surface area contributed by atoms with Crippen molar-refractivity contribution in [2.24, 2.45) is 5.14 Å². The lowest BCUT2D eigenvalue weighted by Crippen LogP contribution is -2.31. The van der Waals surface area contributed by atoms with Crippen LogP contribution in [0.25, 0.3) is 5.69 Å². The van der Waals surface area contributed by atoms with Crippen LogP contribution in [0.5, 0.6) is 5.75 Å². The third kappa shape index (κ3) is 5.19. The number of nitrogens with zero attached hydrogens (tertiary/aromatic N) is 2. The van der Waals surface area contributed by atoms with E-state index in [2.05, 4.69) is 4.90 Å². The molecule has 8 heteroatoms. The molecule has 0 saturated heterocycles. The molecule has 1 aliphatic rings. The summed E-state index contributed by atoms with van der Waals surface area (Å²) >= 11 is 0. The summed E-state index contributed by atoms with van der Waals surface area (Å²) in [6.45, 7) is 4.92. The second-order valence-corrected chi connectivity index (χ2v) is 10.1. The Hall–Kier alpha value is -2.94. The van der Waals surface area contributed by atoms with Gasteiger partial charge in [0.05, 0.1) is 18.6 Å². The largest absolute Gasteiger partial charge is 0.497 e. The number of aromatic nitrogens is 1. The fraction of sp³-hybridized carbons (Fsp3) is 0.320. The minimum Gasteiger partial charge on any atom is -0.497 e. The third-order valence-electron chi connectivity index (χ3n) is 6.11. The lowest BCUT2D eigenvalue weighted by Gasteiger charge is -2.21. The number of ether oxygens (including phenoxy) is 1. The highest BCUT2D eigenvalue weighted by atomic mass is 32.2. The van der Waals surface area contributed by atoms with E-state index in [1.807, 2.05) is 48.7 Å². The molecule has 0 atom stereocenters. The number of hydrogen-bond acceptors (Lipinski definition) is 5. The van der Waals surface area contributed by atoms with Crippen LogP contribution in [0.1, 0.15) is 40.2 Å². The lowest BCUT2D eigenvalue weighted by molar-refractivity contribution is 0.0918. The van der Waals surface area contributed by atoms with Crippen LogP contribution in [-0.2, 0) is 16.6 Å². The van der Waals surface area contributed by atoms with Gasteiger partial charge in [0, 0.05) is 35.2 Å². The molecule has 174 valence electrons. The Morgan fingerprint density at radius 1 is 1.09 bits per heavy atom. The number of rotatable bonds is 9. The highest BCUT2D eigenvalue weighted by Crippen LogP contribution is 2.30. The lowest BCUT2D eigenvalue weighted by atomic mass is 10.1. The van der Waals surface area contributed by atoms with Crippen molar-refractivity contribution in [1.29, 1.82) is 0 Å². The van der Waals surface area contributed by atoms with Gasteiger partial charge in [-0.1, -0.05) is 12.1 Å². The summed E-state index contributed by atoms with van der Waals surface area (Å²) in [4.78, 5) is 15.6. The fourth-order valence-electron chi connectivity index (χ4n) is 4.22. The van der Waals surface area contributed by atoms with Crippen LogP contribution < -0.4 is 9.88 Å². The van der Waals surface area contributed by atoms with Gasteiger partial charge in [0.15, 0.2) is 5.78 Å². The summed E-state index contributed by atoms with van der Waals surface area (Å²) < 4.78 is 30.3. The summed E-state index contributed by atoms with van der Waals surface area (Å²) in [7, 11) is -2.10. The Kier molecular flexibility index (Phi) is 6.43. The minimum atomic E-state index is -3.75. The molecule has 2 N–H and O–H groups in total. The van der Waals surface area contributed by atoms with Gasteiger partial charge < -0.3 is 9.30 Å². The van der Waals surface area contributed by atoms with Gasteiger partial charge >= 0.3 is 0 Å². The van der Waals surface area contributed by atoms with E-state index in [1.54, 1.807) is 19.2 Å². The number of methoxy groups -OCH3 is 1. The zero-order valence-electron chi connectivity index (χ0n) is 19.1. The monoisotopic (exact) mass is 467 g/mol. The highest BCUT2D eigenvalue weighted by molar-refractivity contribution is 7.89. The zero-order valence-corrected chi connectivity index (χ0v) is 19.9. The summed E-state index contributed by atoms with van der Waals surface area (Å²) in [6.07, 6.45) is 2.22. The molecule has 33 heavy (non-hydrogen) atoms. The number of primary sulfonamides is 1. The van der Waals surface area contributed by atoms with Crippen molar-refractivity contribution in [3.05, 3.63) is 77.1 Å². The topological polar surface area (TPSA) is 94.6 Å². The van der Waals surface area contributed by atoms with E-state index in [0.717, 1.165) is 41.2 Å². The Morgan fingerprint density at radius 2 is 1.73 bits per heavy atom. The van der Waals surface area contributed by atoms with Crippen molar-refractivity contribution in [2.75, 3.05) is 13.7 Å². The van der Waals surface area contributed by atoms with Crippen LogP contribution >= 0.6 is 0 Å². The number of carbonyl (C=O) groups is 1. The number of benzene rings is 2. The van der Waals surface area contributed by atoms with Gasteiger partial charge in [-0.25, -0.2) is 13.6 Å². The molecule has 1 saturated carbocycles. The maximum Gasteiger partial charge on any atom is 0.238 e. The van der Waals surface area contributed by atoms with Crippen molar-refractivity contribution in [3.8, 4) is 11.4 Å². The van der Waals surface area contributed by atoms with Crippen LogP contribution in [0.3, 0.4) is 0 Å². The number of sulfonamides is 1. The van der Waals surface area contributed by atoms with E-state index >= 15 is 0 Å². The average Bonchev–Trinajstić information content (AvgIpc) is 3.58. The molecule has 3 aromatic rings. The van der Waals surface area contributed by atoms with Crippen LogP contribution in [0.15, 0.2) is 59.5 Å². The molecule has 0 amide bonds. The minimum absolute atomic E-state index is 0.0589. The van der Waals surface area contributed by atoms with E-state index in [-0.39, 0.29) is 10.7 Å². The maximum atomic E-state index is 13.3. The average molecular weight is 468 g/mol. The first-order chi connectivity index (χ1) is 15.7. The van der Waals surface area contributed by atoms with E-state index < -0.39 is 10.0 Å². The molecular formula is C25H29N3O4S. The molecule has 1 aliphatic carbocycles. The normalized spacial score (nSPS) is 14.0. The molecule has 0 radical (unpaired) electrons. The molecular weight excluding hydrogens is 438 g/mol. The molecule has 0 spiro atoms. The van der Waals surface area contributed by atoms with Crippen molar-refractivity contribution in [1.82, 2.24) is 9.47 Å². The van der Waals surface area contributed by atoms with Gasteiger partial charge in [-0.2, -0.15) is 0 Å². The summed E-state index contributed by atoms with van der Waals surface area (Å²) in [6, 6.07) is 16.7. The SMILES string of the molecule is COc1ccc(CN(CC(=O)c2cc(C)n(-c3ccc(S(N)(=O)=O)cc3)c2C)C2CC2)cc1. The molecule has 1 fully saturated rings. The summed E-state index contributed by atoms with van der Waals surface area (Å²) in [5.41, 5.74) is 4.36. The Bertz CT molecular complexity index is 1260. The molecule has 0 unspecified atom stereocenters. The van der Waals surface area contributed by atoms with Crippen molar-refractivity contribution in [2.45, 2.75) is 44.2 Å². The van der Waals surface area contributed by atoms with Gasteiger partial charge in [0.25, 0.3) is 0 Å². The first-order valence-electron chi connectivity index (χ1n) is 10.9. The first kappa shape index (κ1) is 23.2. The molecule has 0 bridgehead atoms. The van der Waals surface area contributed by atoms with E-state index in [0.29, 0.717) is 24.7 Å². The zero-order chi connectivity index (χ0) is 23.8. The molecule has 2 aromatic carbocycles. The first-order valence-corrected chi connectivity index (χ1v) is 12.4. The number of carbonyl (C=O) groups excluding carboxylic acids is 1. The summed E-state index contributed by atoms with van der Waals surface area (Å²) in [5.74, 6) is 0.897. The van der Waals surface area contributed by atoms with Crippen LogP contribution in [-0.4, -0.2) is 43.4 Å². The standard InChI is InChI=1S/C25H29N3O4S/c1-17-14-24(18(2)28(17)21-8-12-23(13-9-21)33(26,30)31)25(29)16-27(20-6-7-20)15-19-4-10-22(32-3)11-5-19/h4-5,8-14,20H,6-7,15-16H2,1-3H3,(H2,26,30,31). The van der Waals surface area contributed by atoms with Crippen molar-refractivity contribution >= 4 is 15.8 Å². The number of aryl methyl sites for hydroxylation is 1. The smallest absolute Gasteiger partial charge is 0.238 e. The number of Topliss-reactive ketones (excluding diaryl/α,β-unsaturated/α-hetero) is 1. The highest BCUT2D eigenvalue weighted by Gasteiger charge is 2.31. The Labute approximate surface area is 194 Å². The van der Waals surface area contributed by atoms with Gasteiger partial charge in [0.2, 0.25) is 10.0 Å². The third-order valence-corrected chi connectivity index (χ3v) is 7.04. The van der Waals surface area contributed by atoms with Gasteiger partial charge in [-0.05, 0) is 74.7 Å². The second-order valence-electron chi connectivity index (χ2n) is 8.57. The number of hydrogen-bond donors (Lipinski definition) is 1. The van der Waals surface area contributed by atoms with Crippen molar-refractivity contribution in [3.63, 3.8) is 0 Å². The van der Waals surface area contributed by atoms with Gasteiger partial charge in [0.1, 0.15) is 5.75 Å². The Morgan fingerprint density at radius 3 is 2.27 bits per heavy atom. The predicted octanol–water partition coefficient (Wildman–Crippen LogP) is 3.60. The number of ketones is 1. The van der Waals surface area contributed by atoms with E-state index in [9.17, 15) is 13.2 Å². The molecule has 0 aliphatic heterocycles. The van der Waals surface area contributed by atoms with Gasteiger partial charge in [-0.15, -0.1) is 0 Å². The second kappa shape index (κ2) is 9.13. The quantitative estimate of drug-likeness (QED) is 0.485. The molecule has 1 aromatic heterocycles. The maximum absolute atomic E-state index is 13.3. The van der Waals surface area contributed by atoms with Gasteiger partial charge in [-0.3, -0.25) is 9.69 Å². The van der Waals surface area contributed by atoms with Crippen LogP contribution in [0.2, 0.25) is 0 Å². The van der Waals surface area contributed by atoms with Crippen LogP contribution in [0, 0.1) is 13.8 Å². The summed E-state index contributed by atoms with van der Waals surface area (Å²) in [5, 5.41) is 5.20. The van der Waals surface area contributed by atoms with E-state index in [4.69, 9.17) is 9.88 Å². The fourth-order valence-corrected chi connectivity index (χ4v) is 4.73. The predicted molar refractivity (Wildman–Crippen MR) is 127 cm³/mol. The number of nitrogens with two attached hydrogens (primary N) is 1. The van der Waals surface area contributed by atoms with E-state index in [1.165, 1.54) is 12.1 Å². The molecule has 4 rings (SSSR count). The Balaban J connectivity index is 1.54.